The minimum atomic E-state index is -0.416. The van der Waals surface area contributed by atoms with Crippen LogP contribution in [0.15, 0.2) is 0 Å². The fourth-order valence-corrected chi connectivity index (χ4v) is 3.43. The van der Waals surface area contributed by atoms with Crippen molar-refractivity contribution in [2.24, 2.45) is 0 Å². The third-order valence-electron chi connectivity index (χ3n) is 3.31. The van der Waals surface area contributed by atoms with Crippen molar-refractivity contribution in [3.8, 4) is 5.75 Å². The summed E-state index contributed by atoms with van der Waals surface area (Å²) in [5.74, 6) is 0.165. The summed E-state index contributed by atoms with van der Waals surface area (Å²) in [5, 5.41) is 4.30. The molecule has 0 bridgehead atoms. The summed E-state index contributed by atoms with van der Waals surface area (Å²) >= 11 is 1.31. The van der Waals surface area contributed by atoms with Crippen LogP contribution in [-0.2, 0) is 4.74 Å². The van der Waals surface area contributed by atoms with Crippen molar-refractivity contribution in [1.82, 2.24) is 0 Å². The van der Waals surface area contributed by atoms with E-state index in [4.69, 9.17) is 15.2 Å². The van der Waals surface area contributed by atoms with Gasteiger partial charge in [0.05, 0.1) is 13.2 Å². The van der Waals surface area contributed by atoms with E-state index in [2.05, 4.69) is 5.32 Å². The average Bonchev–Trinajstić information content (AvgIpc) is 3.01. The van der Waals surface area contributed by atoms with Gasteiger partial charge in [-0.1, -0.05) is 12.8 Å². The molecule has 20 heavy (non-hydrogen) atoms. The highest BCUT2D eigenvalue weighted by molar-refractivity contribution is 7.19. The fraction of sp³-hybridized carbons (Fsp3) is 0.643. The molecule has 0 aromatic carbocycles. The van der Waals surface area contributed by atoms with Gasteiger partial charge in [-0.3, -0.25) is 0 Å². The maximum atomic E-state index is 11.7. The van der Waals surface area contributed by atoms with E-state index in [1.807, 2.05) is 13.8 Å². The summed E-state index contributed by atoms with van der Waals surface area (Å²) in [7, 11) is 1.36. The van der Waals surface area contributed by atoms with Gasteiger partial charge in [0.2, 0.25) is 0 Å². The van der Waals surface area contributed by atoms with Crippen LogP contribution in [0.1, 0.15) is 49.2 Å². The zero-order valence-electron chi connectivity index (χ0n) is 12.2. The van der Waals surface area contributed by atoms with Gasteiger partial charge in [-0.25, -0.2) is 4.79 Å². The molecular weight excluding hydrogens is 276 g/mol. The molecule has 1 fully saturated rings. The van der Waals surface area contributed by atoms with Gasteiger partial charge in [-0.05, 0) is 26.7 Å². The largest absolute Gasteiger partial charge is 0.486 e. The quantitative estimate of drug-likeness (QED) is 0.816. The van der Waals surface area contributed by atoms with Crippen LogP contribution in [0.25, 0.3) is 0 Å². The topological polar surface area (TPSA) is 73.6 Å². The predicted molar refractivity (Wildman–Crippen MR) is 81.7 cm³/mol. The number of esters is 1. The smallest absolute Gasteiger partial charge is 0.350 e. The van der Waals surface area contributed by atoms with Crippen molar-refractivity contribution in [1.29, 1.82) is 0 Å². The third-order valence-corrected chi connectivity index (χ3v) is 4.41. The molecule has 1 aromatic heterocycles. The number of methoxy groups -OCH3 is 1. The number of carbonyl (C=O) groups excluding carboxylic acids is 1. The van der Waals surface area contributed by atoms with Gasteiger partial charge in [0.15, 0.2) is 5.75 Å². The van der Waals surface area contributed by atoms with E-state index in [0.29, 0.717) is 22.4 Å². The molecule has 0 amide bonds. The van der Waals surface area contributed by atoms with Gasteiger partial charge in [0.1, 0.15) is 15.6 Å². The lowest BCUT2D eigenvalue weighted by molar-refractivity contribution is 0.0607. The van der Waals surface area contributed by atoms with Crippen LogP contribution in [0.2, 0.25) is 0 Å². The van der Waals surface area contributed by atoms with Crippen molar-refractivity contribution in [2.75, 3.05) is 18.2 Å². The molecule has 0 unspecified atom stereocenters. The Hall–Kier alpha value is -1.43. The number of nitrogens with one attached hydrogen (secondary N) is 1. The van der Waals surface area contributed by atoms with Crippen LogP contribution in [0.4, 0.5) is 10.7 Å². The Kier molecular flexibility index (Phi) is 4.75. The normalized spacial score (nSPS) is 15.6. The van der Waals surface area contributed by atoms with Crippen molar-refractivity contribution in [3.05, 3.63) is 4.88 Å². The summed E-state index contributed by atoms with van der Waals surface area (Å²) in [5.41, 5.74) is 6.42. The number of nitrogen functional groups attached to an aromatic ring is 1. The lowest BCUT2D eigenvalue weighted by Crippen LogP contribution is -2.15. The highest BCUT2D eigenvalue weighted by atomic mass is 32.1. The molecule has 0 atom stereocenters. The zero-order valence-corrected chi connectivity index (χ0v) is 13.0. The maximum Gasteiger partial charge on any atom is 0.350 e. The molecule has 1 saturated carbocycles. The van der Waals surface area contributed by atoms with Crippen LogP contribution >= 0.6 is 11.3 Å². The molecule has 6 heteroatoms. The van der Waals surface area contributed by atoms with Gasteiger partial charge < -0.3 is 20.5 Å². The van der Waals surface area contributed by atoms with E-state index < -0.39 is 5.97 Å². The lowest BCUT2D eigenvalue weighted by atomic mass is 10.2. The van der Waals surface area contributed by atoms with Crippen LogP contribution in [-0.4, -0.2) is 25.2 Å². The van der Waals surface area contributed by atoms with Gasteiger partial charge in [0.25, 0.3) is 0 Å². The molecule has 1 aliphatic carbocycles. The molecule has 0 spiro atoms. The number of thiophene rings is 1. The minimum absolute atomic E-state index is 0.00141. The SMILES string of the molecule is COC(=O)c1sc(NC2CCCC2)c(OC(C)C)c1N. The van der Waals surface area contributed by atoms with Gasteiger partial charge in [-0.2, -0.15) is 0 Å². The van der Waals surface area contributed by atoms with Gasteiger partial charge >= 0.3 is 5.97 Å². The second-order valence-electron chi connectivity index (χ2n) is 5.29. The first-order chi connectivity index (χ1) is 9.52. The van der Waals surface area contributed by atoms with E-state index in [0.717, 1.165) is 17.8 Å². The van der Waals surface area contributed by atoms with E-state index >= 15 is 0 Å². The van der Waals surface area contributed by atoms with Crippen molar-refractivity contribution in [2.45, 2.75) is 51.7 Å². The molecule has 3 N–H and O–H groups in total. The lowest BCUT2D eigenvalue weighted by Gasteiger charge is -2.16. The van der Waals surface area contributed by atoms with Crippen LogP contribution in [0, 0.1) is 0 Å². The summed E-state index contributed by atoms with van der Waals surface area (Å²) in [6.45, 7) is 3.88. The van der Waals surface area contributed by atoms with Gasteiger partial charge in [-0.15, -0.1) is 11.3 Å². The number of hydrogen-bond donors (Lipinski definition) is 2. The molecule has 1 aliphatic rings. The first-order valence-corrected chi connectivity index (χ1v) is 7.78. The van der Waals surface area contributed by atoms with E-state index in [1.54, 1.807) is 0 Å². The molecule has 112 valence electrons. The number of rotatable bonds is 5. The summed E-state index contributed by atoms with van der Waals surface area (Å²) < 4.78 is 10.5. The Morgan fingerprint density at radius 1 is 1.40 bits per heavy atom. The number of ether oxygens (including phenoxy) is 2. The zero-order chi connectivity index (χ0) is 14.7. The molecular formula is C14H22N2O3S. The predicted octanol–water partition coefficient (Wildman–Crippen LogP) is 3.26. The Morgan fingerprint density at radius 3 is 2.60 bits per heavy atom. The average molecular weight is 298 g/mol. The molecule has 1 heterocycles. The Balaban J connectivity index is 2.29. The summed E-state index contributed by atoms with van der Waals surface area (Å²) in [4.78, 5) is 12.2. The summed E-state index contributed by atoms with van der Waals surface area (Å²) in [6, 6.07) is 0.438. The number of hydrogen-bond acceptors (Lipinski definition) is 6. The molecule has 0 aliphatic heterocycles. The Labute approximate surface area is 123 Å². The van der Waals surface area contributed by atoms with Crippen LogP contribution < -0.4 is 15.8 Å². The number of carbonyl (C=O) groups is 1. The van der Waals surface area contributed by atoms with Crippen molar-refractivity contribution < 1.29 is 14.3 Å². The van der Waals surface area contributed by atoms with E-state index in [-0.39, 0.29) is 6.10 Å². The minimum Gasteiger partial charge on any atom is -0.486 e. The van der Waals surface area contributed by atoms with Crippen molar-refractivity contribution in [3.63, 3.8) is 0 Å². The highest BCUT2D eigenvalue weighted by Crippen LogP contribution is 2.44. The number of anilines is 2. The second-order valence-corrected chi connectivity index (χ2v) is 6.31. The highest BCUT2D eigenvalue weighted by Gasteiger charge is 2.26. The standard InChI is InChI=1S/C14H22N2O3S/c1-8(2)19-11-10(15)12(14(17)18-3)20-13(11)16-9-6-4-5-7-9/h8-9,16H,4-7,15H2,1-3H3. The molecule has 0 saturated heterocycles. The third kappa shape index (κ3) is 3.17. The van der Waals surface area contributed by atoms with Crippen LogP contribution in [0.3, 0.4) is 0 Å². The van der Waals surface area contributed by atoms with Crippen molar-refractivity contribution >= 4 is 28.0 Å². The number of nitrogens with two attached hydrogens (primary N) is 1. The monoisotopic (exact) mass is 298 g/mol. The van der Waals surface area contributed by atoms with Crippen LogP contribution in [0.5, 0.6) is 5.75 Å². The molecule has 1 aromatic rings. The van der Waals surface area contributed by atoms with E-state index in [1.165, 1.54) is 31.3 Å². The first kappa shape index (κ1) is 15.0. The molecule has 2 rings (SSSR count). The Bertz CT molecular complexity index is 479. The maximum absolute atomic E-state index is 11.7. The Morgan fingerprint density at radius 2 is 2.05 bits per heavy atom. The molecule has 5 nitrogen and oxygen atoms in total. The summed E-state index contributed by atoms with van der Waals surface area (Å²) in [6.07, 6.45) is 4.77. The first-order valence-electron chi connectivity index (χ1n) is 6.96. The van der Waals surface area contributed by atoms with E-state index in [9.17, 15) is 4.79 Å². The second kappa shape index (κ2) is 6.35. The molecule has 0 radical (unpaired) electrons. The fourth-order valence-electron chi connectivity index (χ4n) is 2.38. The van der Waals surface area contributed by atoms with Gasteiger partial charge in [0, 0.05) is 6.04 Å².